The fraction of sp³-hybridized carbons (Fsp3) is 0.0612. The molecule has 0 unspecified atom stereocenters. The van der Waals surface area contributed by atoms with Crippen molar-refractivity contribution in [1.82, 2.24) is 24.5 Å². The molecule has 0 N–H and O–H groups in total. The Bertz CT molecular complexity index is 3070. The van der Waals surface area contributed by atoms with Crippen LogP contribution in [-0.2, 0) is 5.41 Å². The van der Waals surface area contributed by atoms with Crippen LogP contribution in [0.25, 0.3) is 93.6 Å². The molecule has 0 atom stereocenters. The molecule has 11 rings (SSSR count). The Kier molecular flexibility index (Phi) is 7.00. The van der Waals surface area contributed by atoms with Crippen molar-refractivity contribution in [2.75, 3.05) is 0 Å². The molecule has 0 spiro atoms. The zero-order chi connectivity index (χ0) is 36.7. The van der Waals surface area contributed by atoms with Gasteiger partial charge in [0.2, 0.25) is 5.95 Å². The summed E-state index contributed by atoms with van der Waals surface area (Å²) >= 11 is 1.78. The van der Waals surface area contributed by atoms with Crippen molar-refractivity contribution in [3.63, 3.8) is 0 Å². The molecule has 0 radical (unpaired) electrons. The zero-order valence-electron chi connectivity index (χ0n) is 30.2. The number of aromatic nitrogens is 5. The monoisotopic (exact) mass is 723 g/mol. The predicted molar refractivity (Wildman–Crippen MR) is 227 cm³/mol. The third-order valence-electron chi connectivity index (χ3n) is 11.1. The molecule has 0 aliphatic heterocycles. The summed E-state index contributed by atoms with van der Waals surface area (Å²) in [4.78, 5) is 20.9. The second-order valence-corrected chi connectivity index (χ2v) is 15.7. The second kappa shape index (κ2) is 12.1. The lowest BCUT2D eigenvalue weighted by molar-refractivity contribution is 0.667. The van der Waals surface area contributed by atoms with Gasteiger partial charge in [-0.15, -0.1) is 11.3 Å². The van der Waals surface area contributed by atoms with Gasteiger partial charge in [-0.05, 0) is 63.7 Å². The fourth-order valence-corrected chi connectivity index (χ4v) is 9.72. The number of hydrogen-bond acceptors (Lipinski definition) is 5. The van der Waals surface area contributed by atoms with Gasteiger partial charge in [-0.3, -0.25) is 4.57 Å². The number of nitrogens with zero attached hydrogens (tertiary/aromatic N) is 5. The highest BCUT2D eigenvalue weighted by atomic mass is 32.1. The topological polar surface area (TPSA) is 56.5 Å². The van der Waals surface area contributed by atoms with Gasteiger partial charge in [-0.25, -0.2) is 9.97 Å². The van der Waals surface area contributed by atoms with Crippen LogP contribution in [0.4, 0.5) is 0 Å². The van der Waals surface area contributed by atoms with E-state index >= 15 is 0 Å². The molecule has 1 aliphatic carbocycles. The summed E-state index contributed by atoms with van der Waals surface area (Å²) in [5.41, 5.74) is 13.3. The summed E-state index contributed by atoms with van der Waals surface area (Å²) in [7, 11) is 0. The van der Waals surface area contributed by atoms with Crippen LogP contribution < -0.4 is 0 Å². The van der Waals surface area contributed by atoms with Gasteiger partial charge in [0, 0.05) is 32.9 Å². The summed E-state index contributed by atoms with van der Waals surface area (Å²) in [5, 5.41) is 3.37. The molecule has 0 saturated carbocycles. The Morgan fingerprint density at radius 2 is 1.05 bits per heavy atom. The number of benzene rings is 7. The highest BCUT2D eigenvalue weighted by Crippen LogP contribution is 2.53. The van der Waals surface area contributed by atoms with Gasteiger partial charge in [-0.1, -0.05) is 147 Å². The fourth-order valence-electron chi connectivity index (χ4n) is 8.44. The lowest BCUT2D eigenvalue weighted by atomic mass is 9.82. The normalized spacial score (nSPS) is 13.1. The van der Waals surface area contributed by atoms with Crippen molar-refractivity contribution in [1.29, 1.82) is 0 Å². The summed E-state index contributed by atoms with van der Waals surface area (Å²) < 4.78 is 3.42. The third-order valence-corrected chi connectivity index (χ3v) is 12.2. The van der Waals surface area contributed by atoms with Gasteiger partial charge in [0.25, 0.3) is 0 Å². The Hall–Kier alpha value is -6.76. The molecule has 3 aromatic heterocycles. The second-order valence-electron chi connectivity index (χ2n) is 14.7. The van der Waals surface area contributed by atoms with Crippen molar-refractivity contribution in [2.24, 2.45) is 0 Å². The number of rotatable bonds is 5. The largest absolute Gasteiger partial charge is 0.278 e. The molecule has 0 fully saturated rings. The Balaban J connectivity index is 1.10. The molecule has 55 heavy (non-hydrogen) atoms. The first kappa shape index (κ1) is 31.7. The van der Waals surface area contributed by atoms with Gasteiger partial charge < -0.3 is 0 Å². The molecule has 3 heterocycles. The molecular weight excluding hydrogens is 691 g/mol. The van der Waals surface area contributed by atoms with E-state index in [1.165, 1.54) is 27.0 Å². The Morgan fingerprint density at radius 1 is 0.473 bits per heavy atom. The van der Waals surface area contributed by atoms with Gasteiger partial charge >= 0.3 is 0 Å². The van der Waals surface area contributed by atoms with Gasteiger partial charge in [0.05, 0.1) is 21.3 Å². The van der Waals surface area contributed by atoms with Crippen LogP contribution in [-0.4, -0.2) is 24.5 Å². The van der Waals surface area contributed by atoms with Gasteiger partial charge in [-0.2, -0.15) is 9.97 Å². The summed E-state index contributed by atoms with van der Waals surface area (Å²) in [5.74, 6) is 1.85. The van der Waals surface area contributed by atoms with E-state index in [-0.39, 0.29) is 5.41 Å². The maximum atomic E-state index is 5.29. The van der Waals surface area contributed by atoms with Crippen LogP contribution in [0.15, 0.2) is 164 Å². The van der Waals surface area contributed by atoms with Crippen molar-refractivity contribution in [3.8, 4) is 61.5 Å². The number of thiazole rings is 1. The minimum atomic E-state index is -0.268. The molecule has 1 aliphatic rings. The molecule has 10 aromatic rings. The van der Waals surface area contributed by atoms with E-state index in [0.717, 1.165) is 60.1 Å². The molecule has 5 nitrogen and oxygen atoms in total. The summed E-state index contributed by atoms with van der Waals surface area (Å²) in [6.07, 6.45) is 0. The van der Waals surface area contributed by atoms with Crippen molar-refractivity contribution >= 4 is 43.4 Å². The highest BCUT2D eigenvalue weighted by molar-refractivity contribution is 7.22. The van der Waals surface area contributed by atoms with E-state index in [4.69, 9.17) is 19.9 Å². The smallest absolute Gasteiger partial charge is 0.238 e. The number of hydrogen-bond donors (Lipinski definition) is 0. The van der Waals surface area contributed by atoms with Crippen molar-refractivity contribution < 1.29 is 0 Å². The summed E-state index contributed by atoms with van der Waals surface area (Å²) in [6.45, 7) is 4.67. The molecule has 0 saturated heterocycles. The van der Waals surface area contributed by atoms with Gasteiger partial charge in [0.1, 0.15) is 5.01 Å². The minimum Gasteiger partial charge on any atom is -0.278 e. The maximum absolute atomic E-state index is 5.29. The standard InChI is InChI=1S/C49H33N5S/c1-49(2)39-29-34(24-25-35(39)38-26-27-40-44(43(38)49)55-47(50-40)31-16-7-4-8-17-31)46-51-45(33-19-13-18-32(28-33)30-14-5-3-6-15-30)52-48(53-46)54-41-22-11-9-20-36(41)37-21-10-12-23-42(37)54/h3-29H,1-2H3. The SMILES string of the molecule is CC1(C)c2cc(-c3nc(-c4cccc(-c5ccccc5)c4)nc(-n4c5ccccc5c5ccccc54)n3)ccc2-c2ccc3nc(-c4ccccc4)sc3c21. The van der Waals surface area contributed by atoms with Crippen LogP contribution >= 0.6 is 11.3 Å². The third kappa shape index (κ3) is 4.99. The molecule has 7 aromatic carbocycles. The van der Waals surface area contributed by atoms with Crippen molar-refractivity contribution in [2.45, 2.75) is 19.3 Å². The quantitative estimate of drug-likeness (QED) is 0.177. The predicted octanol–water partition coefficient (Wildman–Crippen LogP) is 12.6. The lowest BCUT2D eigenvalue weighted by Gasteiger charge is -2.22. The van der Waals surface area contributed by atoms with Crippen LogP contribution in [0.1, 0.15) is 25.0 Å². The van der Waals surface area contributed by atoms with Crippen LogP contribution in [0, 0.1) is 0 Å². The first-order valence-electron chi connectivity index (χ1n) is 18.6. The number of para-hydroxylation sites is 2. The van der Waals surface area contributed by atoms with Crippen LogP contribution in [0.5, 0.6) is 0 Å². The van der Waals surface area contributed by atoms with E-state index in [0.29, 0.717) is 17.6 Å². The average molecular weight is 724 g/mol. The lowest BCUT2D eigenvalue weighted by Crippen LogP contribution is -2.15. The number of fused-ring (bicyclic) bond motifs is 8. The first-order valence-corrected chi connectivity index (χ1v) is 19.4. The van der Waals surface area contributed by atoms with E-state index in [1.54, 1.807) is 11.3 Å². The van der Waals surface area contributed by atoms with Gasteiger partial charge in [0.15, 0.2) is 11.6 Å². The van der Waals surface area contributed by atoms with E-state index in [1.807, 2.05) is 6.07 Å². The van der Waals surface area contributed by atoms with E-state index in [9.17, 15) is 0 Å². The van der Waals surface area contributed by atoms with Crippen LogP contribution in [0.3, 0.4) is 0 Å². The van der Waals surface area contributed by atoms with E-state index in [2.05, 4.69) is 176 Å². The maximum Gasteiger partial charge on any atom is 0.238 e. The average Bonchev–Trinajstić information content (AvgIpc) is 3.90. The van der Waals surface area contributed by atoms with Crippen molar-refractivity contribution in [3.05, 3.63) is 175 Å². The van der Waals surface area contributed by atoms with Crippen LogP contribution in [0.2, 0.25) is 0 Å². The zero-order valence-corrected chi connectivity index (χ0v) is 31.0. The molecular formula is C49H33N5S. The molecule has 0 bridgehead atoms. The summed E-state index contributed by atoms with van der Waals surface area (Å²) in [6, 6.07) is 57.5. The molecule has 6 heteroatoms. The first-order chi connectivity index (χ1) is 27.0. The highest BCUT2D eigenvalue weighted by Gasteiger charge is 2.38. The molecule has 0 amide bonds. The van der Waals surface area contributed by atoms with E-state index < -0.39 is 0 Å². The Morgan fingerprint density at radius 3 is 1.76 bits per heavy atom. The minimum absolute atomic E-state index is 0.268. The Labute approximate surface area is 322 Å². The molecule has 260 valence electrons.